The van der Waals surface area contributed by atoms with Crippen LogP contribution in [0.5, 0.6) is 0 Å². The molecule has 30 heavy (non-hydrogen) atoms. The van der Waals surface area contributed by atoms with E-state index in [0.717, 1.165) is 23.2 Å². The molecular formula is C26H26N2O2. The highest BCUT2D eigenvalue weighted by Gasteiger charge is 2.42. The van der Waals surface area contributed by atoms with Crippen molar-refractivity contribution < 1.29 is 9.90 Å². The highest BCUT2D eigenvalue weighted by molar-refractivity contribution is 6.07. The van der Waals surface area contributed by atoms with Crippen molar-refractivity contribution >= 4 is 11.6 Å². The van der Waals surface area contributed by atoms with E-state index >= 15 is 0 Å². The van der Waals surface area contributed by atoms with Gasteiger partial charge < -0.3 is 15.3 Å². The fourth-order valence-electron chi connectivity index (χ4n) is 5.01. The van der Waals surface area contributed by atoms with Gasteiger partial charge >= 0.3 is 0 Å². The molecule has 0 bridgehead atoms. The van der Waals surface area contributed by atoms with Gasteiger partial charge in [0.2, 0.25) is 0 Å². The smallest absolute Gasteiger partial charge is 0.258 e. The van der Waals surface area contributed by atoms with E-state index in [1.807, 2.05) is 71.6 Å². The summed E-state index contributed by atoms with van der Waals surface area (Å²) in [6.45, 7) is 2.79. The van der Waals surface area contributed by atoms with E-state index in [0.29, 0.717) is 12.1 Å². The normalized spacial score (nSPS) is 23.1. The summed E-state index contributed by atoms with van der Waals surface area (Å²) in [5, 5.41) is 14.8. The molecular weight excluding hydrogens is 372 g/mol. The minimum absolute atomic E-state index is 0.0232. The van der Waals surface area contributed by atoms with Crippen molar-refractivity contribution in [3.63, 3.8) is 0 Å². The van der Waals surface area contributed by atoms with Crippen LogP contribution < -0.4 is 10.2 Å². The van der Waals surface area contributed by atoms with Crippen molar-refractivity contribution in [2.24, 2.45) is 0 Å². The molecule has 3 aromatic rings. The van der Waals surface area contributed by atoms with Gasteiger partial charge in [-0.3, -0.25) is 4.79 Å². The number of nitrogens with one attached hydrogen (secondary N) is 1. The Hall–Kier alpha value is -2.95. The minimum atomic E-state index is -0.589. The molecule has 4 nitrogen and oxygen atoms in total. The highest BCUT2D eigenvalue weighted by atomic mass is 16.3. The third-order valence-corrected chi connectivity index (χ3v) is 6.49. The quantitative estimate of drug-likeness (QED) is 0.676. The number of benzene rings is 3. The van der Waals surface area contributed by atoms with Gasteiger partial charge in [0.25, 0.3) is 5.91 Å². The predicted molar refractivity (Wildman–Crippen MR) is 119 cm³/mol. The van der Waals surface area contributed by atoms with E-state index < -0.39 is 6.10 Å². The Morgan fingerprint density at radius 2 is 1.70 bits per heavy atom. The molecule has 0 spiro atoms. The van der Waals surface area contributed by atoms with E-state index in [-0.39, 0.29) is 23.9 Å². The Bertz CT molecular complexity index is 1050. The molecule has 1 aliphatic heterocycles. The summed E-state index contributed by atoms with van der Waals surface area (Å²) in [6.07, 6.45) is 0.218. The lowest BCUT2D eigenvalue weighted by Crippen LogP contribution is -2.41. The van der Waals surface area contributed by atoms with Crippen LogP contribution in [0.4, 0.5) is 5.69 Å². The van der Waals surface area contributed by atoms with Crippen molar-refractivity contribution in [2.75, 3.05) is 11.4 Å². The minimum Gasteiger partial charge on any atom is -0.387 e. The van der Waals surface area contributed by atoms with Gasteiger partial charge in [-0.25, -0.2) is 0 Å². The number of carbonyl (C=O) groups is 1. The van der Waals surface area contributed by atoms with Crippen LogP contribution in [0.2, 0.25) is 0 Å². The lowest BCUT2D eigenvalue weighted by atomic mass is 9.79. The molecule has 1 aliphatic carbocycles. The second-order valence-corrected chi connectivity index (χ2v) is 8.34. The van der Waals surface area contributed by atoms with Crippen LogP contribution in [-0.2, 0) is 0 Å². The number of nitrogens with zero attached hydrogens (tertiary/aromatic N) is 1. The first kappa shape index (κ1) is 19.0. The molecule has 152 valence electrons. The molecule has 0 radical (unpaired) electrons. The van der Waals surface area contributed by atoms with Crippen LogP contribution in [0, 0.1) is 0 Å². The summed E-state index contributed by atoms with van der Waals surface area (Å²) < 4.78 is 0. The lowest BCUT2D eigenvalue weighted by Gasteiger charge is -2.35. The largest absolute Gasteiger partial charge is 0.387 e. The Morgan fingerprint density at radius 3 is 2.43 bits per heavy atom. The van der Waals surface area contributed by atoms with Gasteiger partial charge in [-0.1, -0.05) is 60.7 Å². The summed E-state index contributed by atoms with van der Waals surface area (Å²) >= 11 is 0. The van der Waals surface area contributed by atoms with E-state index in [9.17, 15) is 9.90 Å². The zero-order valence-corrected chi connectivity index (χ0v) is 17.0. The fraction of sp³-hybridized carbons (Fsp3) is 0.269. The van der Waals surface area contributed by atoms with Crippen molar-refractivity contribution in [1.29, 1.82) is 0 Å². The monoisotopic (exact) mass is 398 g/mol. The lowest BCUT2D eigenvalue weighted by molar-refractivity contribution is 0.0978. The van der Waals surface area contributed by atoms with Gasteiger partial charge in [-0.2, -0.15) is 0 Å². The summed E-state index contributed by atoms with van der Waals surface area (Å²) in [4.78, 5) is 15.1. The Balaban J connectivity index is 1.42. The third kappa shape index (κ3) is 3.22. The zero-order chi connectivity index (χ0) is 20.7. The second kappa shape index (κ2) is 7.71. The van der Waals surface area contributed by atoms with Crippen molar-refractivity contribution in [1.82, 2.24) is 5.32 Å². The van der Waals surface area contributed by atoms with E-state index in [4.69, 9.17) is 0 Å². The first-order chi connectivity index (χ1) is 14.6. The summed E-state index contributed by atoms with van der Waals surface area (Å²) in [5.74, 6) is 0.253. The van der Waals surface area contributed by atoms with Crippen LogP contribution in [0.1, 0.15) is 58.5 Å². The Morgan fingerprint density at radius 1 is 1.00 bits per heavy atom. The number of anilines is 1. The van der Waals surface area contributed by atoms with Gasteiger partial charge in [0.05, 0.1) is 6.10 Å². The first-order valence-corrected chi connectivity index (χ1v) is 10.6. The van der Waals surface area contributed by atoms with Crippen LogP contribution in [0.3, 0.4) is 0 Å². The summed E-state index contributed by atoms with van der Waals surface area (Å²) in [6, 6.07) is 25.8. The zero-order valence-electron chi connectivity index (χ0n) is 17.0. The maximum absolute atomic E-state index is 13.2. The van der Waals surface area contributed by atoms with E-state index in [1.54, 1.807) is 0 Å². The Kier molecular flexibility index (Phi) is 4.89. The molecule has 0 saturated heterocycles. The summed E-state index contributed by atoms with van der Waals surface area (Å²) in [7, 11) is 0. The molecule has 5 rings (SSSR count). The molecule has 4 heteroatoms. The van der Waals surface area contributed by atoms with Gasteiger partial charge in [0.1, 0.15) is 0 Å². The molecule has 0 saturated carbocycles. The molecule has 2 N–H and O–H groups in total. The maximum atomic E-state index is 13.2. The molecule has 1 amide bonds. The molecule has 0 unspecified atom stereocenters. The SMILES string of the molecule is C[C@H](N[C@@H]1C[C@@H]2CN(C(=O)c3ccccc3)c3cccc(c32)[C@H]1O)c1ccccc1. The van der Waals surface area contributed by atoms with E-state index in [2.05, 4.69) is 24.4 Å². The van der Waals surface area contributed by atoms with Crippen LogP contribution in [0.15, 0.2) is 78.9 Å². The molecule has 0 fully saturated rings. The molecule has 0 aromatic heterocycles. The number of aliphatic hydroxyl groups is 1. The number of hydrogen-bond acceptors (Lipinski definition) is 3. The number of amides is 1. The molecule has 1 heterocycles. The topological polar surface area (TPSA) is 52.6 Å². The molecule has 4 atom stereocenters. The predicted octanol–water partition coefficient (Wildman–Crippen LogP) is 4.59. The van der Waals surface area contributed by atoms with Gasteiger partial charge in [0, 0.05) is 35.8 Å². The fourth-order valence-corrected chi connectivity index (χ4v) is 5.01. The number of carbonyl (C=O) groups excluding carboxylic acids is 1. The second-order valence-electron chi connectivity index (χ2n) is 8.34. The van der Waals surface area contributed by atoms with Crippen molar-refractivity contribution in [3.05, 3.63) is 101 Å². The van der Waals surface area contributed by atoms with Crippen LogP contribution >= 0.6 is 0 Å². The van der Waals surface area contributed by atoms with Crippen molar-refractivity contribution in [2.45, 2.75) is 37.5 Å². The number of rotatable bonds is 4. The molecule has 2 aliphatic rings. The average molecular weight is 399 g/mol. The standard InChI is InChI=1S/C26H26N2O2/c1-17(18-9-4-2-5-10-18)27-22-15-20-16-28(26(30)19-11-6-3-7-12-19)23-14-8-13-21(24(20)23)25(22)29/h2-14,17,20,22,25,27,29H,15-16H2,1H3/t17-,20+,22+,25+/m0/s1. The van der Waals surface area contributed by atoms with Gasteiger partial charge in [-0.05, 0) is 48.2 Å². The van der Waals surface area contributed by atoms with Crippen LogP contribution in [0.25, 0.3) is 0 Å². The van der Waals surface area contributed by atoms with Crippen LogP contribution in [-0.4, -0.2) is 23.6 Å². The Labute approximate surface area is 177 Å². The van der Waals surface area contributed by atoms with Gasteiger partial charge in [-0.15, -0.1) is 0 Å². The first-order valence-electron chi connectivity index (χ1n) is 10.6. The number of aliphatic hydroxyl groups excluding tert-OH is 1. The van der Waals surface area contributed by atoms with E-state index in [1.165, 1.54) is 5.56 Å². The maximum Gasteiger partial charge on any atom is 0.258 e. The summed E-state index contributed by atoms with van der Waals surface area (Å²) in [5.41, 5.74) is 4.93. The average Bonchev–Trinajstić information content (AvgIpc) is 3.17. The molecule has 3 aromatic carbocycles. The van der Waals surface area contributed by atoms with Crippen molar-refractivity contribution in [3.8, 4) is 0 Å². The third-order valence-electron chi connectivity index (χ3n) is 6.49. The van der Waals surface area contributed by atoms with Gasteiger partial charge in [0.15, 0.2) is 0 Å². The number of hydrogen-bond donors (Lipinski definition) is 2. The highest BCUT2D eigenvalue weighted by Crippen LogP contribution is 2.48.